The van der Waals surface area contributed by atoms with Crippen LogP contribution in [-0.2, 0) is 11.2 Å². The maximum Gasteiger partial charge on any atom is 0.291 e. The Balaban J connectivity index is 1.47. The van der Waals surface area contributed by atoms with Crippen LogP contribution in [0.25, 0.3) is 0 Å². The molecule has 1 aromatic heterocycles. The number of hydrogen-bond donors (Lipinski definition) is 2. The molecule has 194 valence electrons. The average molecular weight is 546 g/mol. The van der Waals surface area contributed by atoms with Gasteiger partial charge in [-0.3, -0.25) is 9.59 Å². The van der Waals surface area contributed by atoms with Crippen LogP contribution >= 0.6 is 23.2 Å². The molecule has 0 saturated carbocycles. The molecule has 1 aliphatic rings. The molecule has 1 aliphatic carbocycles. The van der Waals surface area contributed by atoms with Gasteiger partial charge in [0.1, 0.15) is 23.0 Å². The van der Waals surface area contributed by atoms with Gasteiger partial charge in [0, 0.05) is 28.6 Å². The predicted octanol–water partition coefficient (Wildman–Crippen LogP) is 5.40. The van der Waals surface area contributed by atoms with E-state index in [9.17, 15) is 9.59 Å². The first-order valence-corrected chi connectivity index (χ1v) is 12.2. The van der Waals surface area contributed by atoms with Gasteiger partial charge in [-0.2, -0.15) is 5.10 Å². The first-order valence-electron chi connectivity index (χ1n) is 11.4. The normalized spacial score (nSPS) is 13.6. The van der Waals surface area contributed by atoms with Crippen LogP contribution in [-0.4, -0.2) is 38.4 Å². The Bertz CT molecular complexity index is 1370. The second-order valence-corrected chi connectivity index (χ2v) is 9.03. The molecule has 9 nitrogen and oxygen atoms in total. The number of rotatable bonds is 8. The molecule has 37 heavy (non-hydrogen) atoms. The van der Waals surface area contributed by atoms with Crippen molar-refractivity contribution in [3.63, 3.8) is 0 Å². The molecule has 3 aromatic rings. The van der Waals surface area contributed by atoms with Crippen LogP contribution in [0.4, 0.5) is 5.69 Å². The van der Waals surface area contributed by atoms with Crippen molar-refractivity contribution in [2.45, 2.75) is 26.2 Å². The van der Waals surface area contributed by atoms with E-state index in [1.165, 1.54) is 13.2 Å². The van der Waals surface area contributed by atoms with Crippen molar-refractivity contribution in [2.75, 3.05) is 26.1 Å². The number of halogens is 2. The number of nitrogens with zero attached hydrogens (tertiary/aromatic N) is 1. The van der Waals surface area contributed by atoms with Crippen molar-refractivity contribution < 1.29 is 28.2 Å². The van der Waals surface area contributed by atoms with E-state index >= 15 is 0 Å². The lowest BCUT2D eigenvalue weighted by Crippen LogP contribution is -2.27. The molecule has 2 N–H and O–H groups in total. The Morgan fingerprint density at radius 1 is 1.05 bits per heavy atom. The van der Waals surface area contributed by atoms with E-state index in [0.29, 0.717) is 62.9 Å². The van der Waals surface area contributed by atoms with Crippen molar-refractivity contribution in [3.05, 3.63) is 69.1 Å². The minimum absolute atomic E-state index is 0.171. The number of carbonyl (C=O) groups excluding carboxylic acids is 2. The highest BCUT2D eigenvalue weighted by molar-refractivity contribution is 6.35. The number of benzene rings is 2. The molecule has 0 radical (unpaired) electrons. The van der Waals surface area contributed by atoms with Gasteiger partial charge in [0.15, 0.2) is 12.4 Å². The van der Waals surface area contributed by atoms with E-state index in [4.69, 9.17) is 41.8 Å². The Morgan fingerprint density at radius 3 is 2.59 bits per heavy atom. The van der Waals surface area contributed by atoms with Crippen molar-refractivity contribution in [1.29, 1.82) is 0 Å². The number of nitrogens with one attached hydrogen (secondary N) is 2. The fraction of sp³-hybridized carbons (Fsp3) is 0.269. The molecule has 0 saturated heterocycles. The lowest BCUT2D eigenvalue weighted by Gasteiger charge is -2.13. The SMILES string of the molecule is COc1ccc(NC(=O)c2oc3c(c2C)/C(=N/NC(=O)COc2ccc(Cl)cc2Cl)CCC3)c(OC)c1. The summed E-state index contributed by atoms with van der Waals surface area (Å²) < 4.78 is 21.9. The molecule has 2 aromatic carbocycles. The third-order valence-electron chi connectivity index (χ3n) is 5.76. The van der Waals surface area contributed by atoms with E-state index in [2.05, 4.69) is 15.8 Å². The average Bonchev–Trinajstić information content (AvgIpc) is 3.24. The van der Waals surface area contributed by atoms with Crippen molar-refractivity contribution in [1.82, 2.24) is 5.43 Å². The van der Waals surface area contributed by atoms with Gasteiger partial charge in [-0.1, -0.05) is 23.2 Å². The maximum absolute atomic E-state index is 13.1. The summed E-state index contributed by atoms with van der Waals surface area (Å²) in [7, 11) is 3.06. The standard InChI is InChI=1S/C26H25Cl2N3O6/c1-14-24-19(30-31-23(32)13-36-20-10-7-15(27)11-17(20)28)5-4-6-21(24)37-25(14)26(33)29-18-9-8-16(34-2)12-22(18)35-3/h7-12H,4-6,13H2,1-3H3,(H,29,33)(H,31,32)/b30-19+. The zero-order valence-electron chi connectivity index (χ0n) is 20.4. The van der Waals surface area contributed by atoms with Gasteiger partial charge in [-0.05, 0) is 50.1 Å². The van der Waals surface area contributed by atoms with E-state index < -0.39 is 11.8 Å². The Morgan fingerprint density at radius 2 is 1.86 bits per heavy atom. The Labute approximate surface area is 223 Å². The number of hydrazone groups is 1. The summed E-state index contributed by atoms with van der Waals surface area (Å²) in [4.78, 5) is 25.4. The number of fused-ring (bicyclic) bond motifs is 1. The van der Waals surface area contributed by atoms with Gasteiger partial charge < -0.3 is 23.9 Å². The van der Waals surface area contributed by atoms with Crippen LogP contribution in [0.15, 0.2) is 45.9 Å². The fourth-order valence-electron chi connectivity index (χ4n) is 3.98. The highest BCUT2D eigenvalue weighted by Crippen LogP contribution is 2.33. The third kappa shape index (κ3) is 6.00. The van der Waals surface area contributed by atoms with Crippen molar-refractivity contribution in [2.24, 2.45) is 5.10 Å². The number of carbonyl (C=O) groups is 2. The first-order chi connectivity index (χ1) is 17.8. The summed E-state index contributed by atoms with van der Waals surface area (Å²) in [5.41, 5.74) is 4.97. The number of amides is 2. The Hall–Kier alpha value is -3.69. The zero-order valence-corrected chi connectivity index (χ0v) is 22.0. The molecular formula is C26H25Cl2N3O6. The minimum atomic E-state index is -0.462. The smallest absolute Gasteiger partial charge is 0.291 e. The quantitative estimate of drug-likeness (QED) is 0.366. The second-order valence-electron chi connectivity index (χ2n) is 8.19. The van der Waals surface area contributed by atoms with Crippen molar-refractivity contribution >= 4 is 46.4 Å². The van der Waals surface area contributed by atoms with E-state index in [1.807, 2.05) is 0 Å². The number of ether oxygens (including phenoxy) is 3. The summed E-state index contributed by atoms with van der Waals surface area (Å²) in [5, 5.41) is 7.89. The largest absolute Gasteiger partial charge is 0.497 e. The lowest BCUT2D eigenvalue weighted by molar-refractivity contribution is -0.123. The molecule has 4 rings (SSSR count). The highest BCUT2D eigenvalue weighted by Gasteiger charge is 2.28. The third-order valence-corrected chi connectivity index (χ3v) is 6.29. The topological polar surface area (TPSA) is 111 Å². The van der Waals surface area contributed by atoms with Gasteiger partial charge in [-0.15, -0.1) is 0 Å². The molecule has 0 bridgehead atoms. The number of anilines is 1. The summed E-state index contributed by atoms with van der Waals surface area (Å²) in [5.74, 6) is 1.32. The van der Waals surface area contributed by atoms with E-state index in [-0.39, 0.29) is 12.4 Å². The molecular weight excluding hydrogens is 521 g/mol. The molecule has 2 amide bonds. The van der Waals surface area contributed by atoms with Gasteiger partial charge in [-0.25, -0.2) is 5.43 Å². The first kappa shape index (κ1) is 26.4. The van der Waals surface area contributed by atoms with Crippen LogP contribution in [0.1, 0.15) is 40.3 Å². The second kappa shape index (κ2) is 11.6. The summed E-state index contributed by atoms with van der Waals surface area (Å²) >= 11 is 11.9. The van der Waals surface area contributed by atoms with Gasteiger partial charge in [0.2, 0.25) is 0 Å². The highest BCUT2D eigenvalue weighted by atomic mass is 35.5. The molecule has 0 unspecified atom stereocenters. The van der Waals surface area contributed by atoms with Crippen LogP contribution < -0.4 is 25.0 Å². The van der Waals surface area contributed by atoms with E-state index in [1.54, 1.807) is 44.4 Å². The minimum Gasteiger partial charge on any atom is -0.497 e. The molecule has 1 heterocycles. The maximum atomic E-state index is 13.1. The van der Waals surface area contributed by atoms with Crippen LogP contribution in [0.5, 0.6) is 17.2 Å². The predicted molar refractivity (Wildman–Crippen MR) is 141 cm³/mol. The van der Waals surface area contributed by atoms with Crippen molar-refractivity contribution in [3.8, 4) is 17.2 Å². The molecule has 0 fully saturated rings. The monoisotopic (exact) mass is 545 g/mol. The van der Waals surface area contributed by atoms with Gasteiger partial charge in [0.05, 0.1) is 30.6 Å². The van der Waals surface area contributed by atoms with Crippen LogP contribution in [0.2, 0.25) is 10.0 Å². The Kier molecular flexibility index (Phi) is 8.25. The summed E-state index contributed by atoms with van der Waals surface area (Å²) in [6.07, 6.45) is 2.03. The van der Waals surface area contributed by atoms with Gasteiger partial charge >= 0.3 is 0 Å². The van der Waals surface area contributed by atoms with Gasteiger partial charge in [0.25, 0.3) is 11.8 Å². The molecule has 0 atom stereocenters. The number of methoxy groups -OCH3 is 2. The van der Waals surface area contributed by atoms with Crippen LogP contribution in [0.3, 0.4) is 0 Å². The lowest BCUT2D eigenvalue weighted by atomic mass is 9.93. The molecule has 0 aliphatic heterocycles. The molecule has 0 spiro atoms. The molecule has 11 heteroatoms. The number of hydrogen-bond acceptors (Lipinski definition) is 7. The number of aryl methyl sites for hydroxylation is 1. The van der Waals surface area contributed by atoms with Crippen LogP contribution in [0, 0.1) is 6.92 Å². The fourth-order valence-corrected chi connectivity index (χ4v) is 4.44. The number of furan rings is 1. The summed E-state index contributed by atoms with van der Waals surface area (Å²) in [6.45, 7) is 1.50. The zero-order chi connectivity index (χ0) is 26.5. The summed E-state index contributed by atoms with van der Waals surface area (Å²) in [6, 6.07) is 9.81. The van der Waals surface area contributed by atoms with E-state index in [0.717, 1.165) is 12.0 Å².